The molecule has 0 aromatic rings. The van der Waals surface area contributed by atoms with Crippen LogP contribution in [0.25, 0.3) is 0 Å². The number of aliphatic imine (C=N–C) groups is 1. The Hall–Kier alpha value is -1.38. The third-order valence-corrected chi connectivity index (χ3v) is 1.48. The van der Waals surface area contributed by atoms with Gasteiger partial charge in [-0.1, -0.05) is 6.08 Å². The third kappa shape index (κ3) is 2.70. The molecule has 0 amide bonds. The van der Waals surface area contributed by atoms with E-state index < -0.39 is 5.97 Å². The van der Waals surface area contributed by atoms with Crippen LogP contribution in [-0.4, -0.2) is 19.8 Å². The second kappa shape index (κ2) is 5.29. The van der Waals surface area contributed by atoms with E-state index in [2.05, 4.69) is 16.4 Å². The molecule has 0 saturated carbocycles. The monoisotopic (exact) mass is 167 g/mol. The fourth-order valence-electron chi connectivity index (χ4n) is 0.672. The summed E-state index contributed by atoms with van der Waals surface area (Å²) in [6.45, 7) is 6.93. The second-order valence-corrected chi connectivity index (χ2v) is 2.19. The van der Waals surface area contributed by atoms with Crippen molar-refractivity contribution in [3.63, 3.8) is 0 Å². The molecule has 66 valence electrons. The quantitative estimate of drug-likeness (QED) is 0.278. The van der Waals surface area contributed by atoms with Crippen LogP contribution in [0.1, 0.15) is 13.8 Å². The fraction of sp³-hybridized carbons (Fsp3) is 0.333. The van der Waals surface area contributed by atoms with Crippen LogP contribution in [0.4, 0.5) is 0 Å². The van der Waals surface area contributed by atoms with Crippen molar-refractivity contribution in [2.75, 3.05) is 7.11 Å². The average molecular weight is 167 g/mol. The number of carbonyl (C=O) groups is 1. The number of allylic oxidation sites excluding steroid dienone is 1. The summed E-state index contributed by atoms with van der Waals surface area (Å²) >= 11 is 0. The first-order chi connectivity index (χ1) is 5.67. The van der Waals surface area contributed by atoms with Crippen LogP contribution < -0.4 is 0 Å². The minimum atomic E-state index is -0.391. The summed E-state index contributed by atoms with van der Waals surface area (Å²) in [5.74, 6) is -0.391. The van der Waals surface area contributed by atoms with Crippen LogP contribution in [0.2, 0.25) is 0 Å². The topological polar surface area (TPSA) is 38.7 Å². The summed E-state index contributed by atoms with van der Waals surface area (Å²) in [7, 11) is 1.34. The van der Waals surface area contributed by atoms with Crippen LogP contribution in [-0.2, 0) is 9.53 Å². The Morgan fingerprint density at radius 2 is 2.17 bits per heavy atom. The van der Waals surface area contributed by atoms with E-state index in [-0.39, 0.29) is 0 Å². The number of nitrogens with zero attached hydrogens (tertiary/aromatic N) is 1. The van der Waals surface area contributed by atoms with E-state index in [0.29, 0.717) is 5.57 Å². The maximum absolute atomic E-state index is 11.1. The van der Waals surface area contributed by atoms with Crippen molar-refractivity contribution < 1.29 is 9.53 Å². The summed E-state index contributed by atoms with van der Waals surface area (Å²) in [5.41, 5.74) is 1.27. The molecule has 0 saturated heterocycles. The highest BCUT2D eigenvalue weighted by Gasteiger charge is 2.09. The lowest BCUT2D eigenvalue weighted by Crippen LogP contribution is -2.05. The van der Waals surface area contributed by atoms with Gasteiger partial charge in [-0.15, -0.1) is 0 Å². The van der Waals surface area contributed by atoms with E-state index in [1.54, 1.807) is 0 Å². The van der Waals surface area contributed by atoms with Crippen LogP contribution in [0, 0.1) is 0 Å². The zero-order valence-electron chi connectivity index (χ0n) is 7.63. The van der Waals surface area contributed by atoms with Crippen molar-refractivity contribution in [1.29, 1.82) is 0 Å². The summed E-state index contributed by atoms with van der Waals surface area (Å²) < 4.78 is 4.55. The van der Waals surface area contributed by atoms with Crippen molar-refractivity contribution in [3.05, 3.63) is 23.4 Å². The Balaban J connectivity index is 4.80. The molecular weight excluding hydrogens is 154 g/mol. The lowest BCUT2D eigenvalue weighted by atomic mass is 10.1. The maximum atomic E-state index is 11.1. The molecule has 0 aromatic heterocycles. The number of hydrogen-bond donors (Lipinski definition) is 0. The summed E-state index contributed by atoms with van der Waals surface area (Å²) in [6, 6.07) is 0. The van der Waals surface area contributed by atoms with Crippen molar-refractivity contribution in [2.24, 2.45) is 4.99 Å². The molecular formula is C9H13NO2. The lowest BCUT2D eigenvalue weighted by molar-refractivity contribution is -0.135. The minimum Gasteiger partial charge on any atom is -0.465 e. The maximum Gasteiger partial charge on any atom is 0.339 e. The van der Waals surface area contributed by atoms with Crippen LogP contribution in [0.5, 0.6) is 0 Å². The molecule has 0 radical (unpaired) electrons. The molecule has 0 N–H and O–H groups in total. The predicted molar refractivity (Wildman–Crippen MR) is 49.1 cm³/mol. The van der Waals surface area contributed by atoms with Gasteiger partial charge in [0.05, 0.1) is 12.7 Å². The SMILES string of the molecule is C=N/C=C(C(=O)OC)\C(C)=C/C. The molecule has 0 aliphatic rings. The Kier molecular flexibility index (Phi) is 4.69. The third-order valence-electron chi connectivity index (χ3n) is 1.48. The van der Waals surface area contributed by atoms with E-state index in [0.717, 1.165) is 5.57 Å². The standard InChI is InChI=1S/C9H13NO2/c1-5-7(2)8(6-10-3)9(11)12-4/h5-6H,3H2,1-2,4H3/b7-5-,8-6+. The molecule has 3 nitrogen and oxygen atoms in total. The zero-order valence-corrected chi connectivity index (χ0v) is 7.63. The van der Waals surface area contributed by atoms with E-state index in [1.165, 1.54) is 13.3 Å². The van der Waals surface area contributed by atoms with Crippen molar-refractivity contribution in [2.45, 2.75) is 13.8 Å². The van der Waals surface area contributed by atoms with E-state index >= 15 is 0 Å². The molecule has 0 unspecified atom stereocenters. The van der Waals surface area contributed by atoms with Crippen LogP contribution >= 0.6 is 0 Å². The number of ether oxygens (including phenoxy) is 1. The number of methoxy groups -OCH3 is 1. The van der Waals surface area contributed by atoms with Crippen LogP contribution in [0.3, 0.4) is 0 Å². The largest absolute Gasteiger partial charge is 0.465 e. The number of carbonyl (C=O) groups excluding carboxylic acids is 1. The molecule has 0 heterocycles. The van der Waals surface area contributed by atoms with Gasteiger partial charge in [0, 0.05) is 6.20 Å². The zero-order chi connectivity index (χ0) is 9.56. The number of esters is 1. The molecule has 0 fully saturated rings. The van der Waals surface area contributed by atoms with Gasteiger partial charge in [0.15, 0.2) is 0 Å². The van der Waals surface area contributed by atoms with Gasteiger partial charge in [0.2, 0.25) is 0 Å². The van der Waals surface area contributed by atoms with Gasteiger partial charge in [-0.2, -0.15) is 0 Å². The van der Waals surface area contributed by atoms with Crippen molar-refractivity contribution in [3.8, 4) is 0 Å². The average Bonchev–Trinajstić information content (AvgIpc) is 2.11. The summed E-state index contributed by atoms with van der Waals surface area (Å²) in [5, 5.41) is 0. The van der Waals surface area contributed by atoms with Gasteiger partial charge in [-0.3, -0.25) is 4.99 Å². The normalized spacial score (nSPS) is 12.6. The van der Waals surface area contributed by atoms with Crippen molar-refractivity contribution >= 4 is 12.7 Å². The lowest BCUT2D eigenvalue weighted by Gasteiger charge is -2.02. The summed E-state index contributed by atoms with van der Waals surface area (Å²) in [6.07, 6.45) is 3.20. The van der Waals surface area contributed by atoms with Crippen LogP contribution in [0.15, 0.2) is 28.4 Å². The van der Waals surface area contributed by atoms with E-state index in [1.807, 2.05) is 19.9 Å². The molecule has 0 aliphatic carbocycles. The molecule has 12 heavy (non-hydrogen) atoms. The summed E-state index contributed by atoms with van der Waals surface area (Å²) in [4.78, 5) is 14.6. The second-order valence-electron chi connectivity index (χ2n) is 2.19. The van der Waals surface area contributed by atoms with Crippen molar-refractivity contribution in [1.82, 2.24) is 0 Å². The molecule has 0 aromatic carbocycles. The van der Waals surface area contributed by atoms with Gasteiger partial charge in [-0.25, -0.2) is 4.79 Å². The Bertz CT molecular complexity index is 239. The number of rotatable bonds is 3. The van der Waals surface area contributed by atoms with E-state index in [4.69, 9.17) is 0 Å². The minimum absolute atomic E-state index is 0.391. The molecule has 0 aliphatic heterocycles. The molecule has 0 spiro atoms. The highest BCUT2D eigenvalue weighted by Crippen LogP contribution is 2.10. The van der Waals surface area contributed by atoms with Gasteiger partial charge in [0.25, 0.3) is 0 Å². The molecule has 0 bridgehead atoms. The number of hydrogen-bond acceptors (Lipinski definition) is 3. The highest BCUT2D eigenvalue weighted by molar-refractivity contribution is 5.93. The molecule has 3 heteroatoms. The predicted octanol–water partition coefficient (Wildman–Crippen LogP) is 1.71. The first-order valence-corrected chi connectivity index (χ1v) is 3.55. The molecule has 0 atom stereocenters. The smallest absolute Gasteiger partial charge is 0.339 e. The van der Waals surface area contributed by atoms with Gasteiger partial charge in [-0.05, 0) is 26.1 Å². The van der Waals surface area contributed by atoms with Gasteiger partial charge >= 0.3 is 5.97 Å². The Morgan fingerprint density at radius 3 is 2.50 bits per heavy atom. The molecule has 0 rings (SSSR count). The highest BCUT2D eigenvalue weighted by atomic mass is 16.5. The Morgan fingerprint density at radius 1 is 1.58 bits per heavy atom. The van der Waals surface area contributed by atoms with Gasteiger partial charge < -0.3 is 4.74 Å². The first kappa shape index (κ1) is 10.6. The Labute approximate surface area is 72.4 Å². The first-order valence-electron chi connectivity index (χ1n) is 3.55. The van der Waals surface area contributed by atoms with Gasteiger partial charge in [0.1, 0.15) is 0 Å². The van der Waals surface area contributed by atoms with E-state index in [9.17, 15) is 4.79 Å². The fourth-order valence-corrected chi connectivity index (χ4v) is 0.672.